The van der Waals surface area contributed by atoms with Crippen molar-refractivity contribution < 1.29 is 18.9 Å². The summed E-state index contributed by atoms with van der Waals surface area (Å²) in [5.41, 5.74) is -0.453. The van der Waals surface area contributed by atoms with Crippen LogP contribution in [0.5, 0.6) is 0 Å². The van der Waals surface area contributed by atoms with Gasteiger partial charge in [0, 0.05) is 13.2 Å². The maximum absolute atomic E-state index is 7.41. The van der Waals surface area contributed by atoms with Crippen LogP contribution in [0.15, 0.2) is 0 Å². The fourth-order valence-corrected chi connectivity index (χ4v) is 11.3. The lowest BCUT2D eigenvalue weighted by Gasteiger charge is -2.58. The van der Waals surface area contributed by atoms with Crippen LogP contribution in [0.2, 0.25) is 0 Å². The second kappa shape index (κ2) is 16.3. The molecule has 254 valence electrons. The highest BCUT2D eigenvalue weighted by Crippen LogP contribution is 2.56. The van der Waals surface area contributed by atoms with Crippen LogP contribution in [0.4, 0.5) is 0 Å². The number of ether oxygens (including phenoxy) is 4. The summed E-state index contributed by atoms with van der Waals surface area (Å²) < 4.78 is 27.5. The van der Waals surface area contributed by atoms with Gasteiger partial charge in [-0.05, 0) is 151 Å². The molecular weight excluding hydrogens is 544 g/mol. The van der Waals surface area contributed by atoms with Gasteiger partial charge < -0.3 is 18.9 Å². The molecule has 2 unspecified atom stereocenters. The molecule has 0 amide bonds. The molecule has 44 heavy (non-hydrogen) atoms. The molecule has 0 radical (unpaired) electrons. The third kappa shape index (κ3) is 8.10. The molecule has 2 aliphatic heterocycles. The highest BCUT2D eigenvalue weighted by Gasteiger charge is 2.58. The topological polar surface area (TPSA) is 36.9 Å². The Morgan fingerprint density at radius 2 is 0.818 bits per heavy atom. The van der Waals surface area contributed by atoms with Crippen molar-refractivity contribution in [2.45, 2.75) is 205 Å². The van der Waals surface area contributed by atoms with E-state index in [0.717, 1.165) is 87.2 Å². The third-order valence-electron chi connectivity index (χ3n) is 14.0. The van der Waals surface area contributed by atoms with E-state index in [0.29, 0.717) is 0 Å². The van der Waals surface area contributed by atoms with Crippen LogP contribution in [0.3, 0.4) is 0 Å². The molecule has 6 fully saturated rings. The van der Waals surface area contributed by atoms with Crippen molar-refractivity contribution in [3.8, 4) is 0 Å². The molecule has 0 N–H and O–H groups in total. The predicted octanol–water partition coefficient (Wildman–Crippen LogP) is 11.1. The zero-order valence-corrected chi connectivity index (χ0v) is 29.1. The molecular formula is C40H70O4. The molecule has 6 rings (SSSR count). The highest BCUT2D eigenvalue weighted by molar-refractivity contribution is 5.08. The van der Waals surface area contributed by atoms with Crippen LogP contribution in [-0.2, 0) is 18.9 Å². The Bertz CT molecular complexity index is 731. The lowest BCUT2D eigenvalue weighted by molar-refractivity contribution is -0.338. The molecule has 0 spiro atoms. The van der Waals surface area contributed by atoms with Gasteiger partial charge in [-0.25, -0.2) is 0 Å². The van der Waals surface area contributed by atoms with Gasteiger partial charge >= 0.3 is 0 Å². The van der Waals surface area contributed by atoms with Crippen molar-refractivity contribution in [3.05, 3.63) is 0 Å². The number of hydrogen-bond donors (Lipinski definition) is 0. The molecule has 0 bridgehead atoms. The first-order valence-corrected chi connectivity index (χ1v) is 20.2. The Hall–Kier alpha value is -0.160. The summed E-state index contributed by atoms with van der Waals surface area (Å²) in [6.45, 7) is 6.44. The van der Waals surface area contributed by atoms with Crippen LogP contribution in [-0.4, -0.2) is 37.0 Å². The fourth-order valence-electron chi connectivity index (χ4n) is 11.3. The van der Waals surface area contributed by atoms with E-state index in [-0.39, 0.29) is 23.8 Å². The summed E-state index contributed by atoms with van der Waals surface area (Å²) in [5, 5.41) is 0. The molecule has 0 aromatic rings. The van der Waals surface area contributed by atoms with Crippen LogP contribution in [0.1, 0.15) is 181 Å². The smallest absolute Gasteiger partial charge is 0.158 e. The zero-order valence-electron chi connectivity index (χ0n) is 29.1. The van der Waals surface area contributed by atoms with Gasteiger partial charge in [-0.2, -0.15) is 0 Å². The van der Waals surface area contributed by atoms with E-state index in [2.05, 4.69) is 13.8 Å². The summed E-state index contributed by atoms with van der Waals surface area (Å²) in [5.74, 6) is 5.61. The molecule has 0 aromatic carbocycles. The van der Waals surface area contributed by atoms with Crippen molar-refractivity contribution >= 4 is 0 Å². The van der Waals surface area contributed by atoms with Gasteiger partial charge in [0.1, 0.15) is 11.2 Å². The maximum atomic E-state index is 7.41. The average Bonchev–Trinajstić information content (AvgIpc) is 3.07. The summed E-state index contributed by atoms with van der Waals surface area (Å²) in [7, 11) is 0. The van der Waals surface area contributed by atoms with Gasteiger partial charge in [0.15, 0.2) is 12.6 Å². The van der Waals surface area contributed by atoms with Gasteiger partial charge in [-0.1, -0.05) is 65.2 Å². The molecule has 4 aliphatic carbocycles. The lowest BCUT2D eigenvalue weighted by atomic mass is 9.59. The van der Waals surface area contributed by atoms with Crippen molar-refractivity contribution in [2.75, 3.05) is 13.2 Å². The van der Waals surface area contributed by atoms with Gasteiger partial charge in [0.25, 0.3) is 0 Å². The molecule has 4 nitrogen and oxygen atoms in total. The molecule has 0 aromatic heterocycles. The van der Waals surface area contributed by atoms with E-state index in [1.165, 1.54) is 128 Å². The first-order valence-electron chi connectivity index (χ1n) is 20.2. The summed E-state index contributed by atoms with van der Waals surface area (Å²) in [6, 6.07) is 0. The lowest BCUT2D eigenvalue weighted by Crippen LogP contribution is -2.63. The van der Waals surface area contributed by atoms with Gasteiger partial charge in [0.05, 0.1) is 0 Å². The van der Waals surface area contributed by atoms with E-state index in [1.54, 1.807) is 0 Å². The summed E-state index contributed by atoms with van der Waals surface area (Å²) in [6.07, 6.45) is 34.1. The Morgan fingerprint density at radius 1 is 0.455 bits per heavy atom. The Morgan fingerprint density at radius 3 is 1.14 bits per heavy atom. The Balaban J connectivity index is 1.17. The van der Waals surface area contributed by atoms with E-state index < -0.39 is 0 Å². The number of hydrogen-bond acceptors (Lipinski definition) is 4. The number of rotatable bonds is 11. The largest absolute Gasteiger partial charge is 0.353 e. The van der Waals surface area contributed by atoms with E-state index in [9.17, 15) is 0 Å². The van der Waals surface area contributed by atoms with Gasteiger partial charge in [-0.3, -0.25) is 0 Å². The molecule has 6 aliphatic rings. The minimum absolute atomic E-state index is 0.0518. The van der Waals surface area contributed by atoms with Gasteiger partial charge in [0.2, 0.25) is 0 Å². The first kappa shape index (κ1) is 33.7. The molecule has 2 atom stereocenters. The summed E-state index contributed by atoms with van der Waals surface area (Å²) >= 11 is 0. The minimum Gasteiger partial charge on any atom is -0.353 e. The standard InChI is InChI=1S/C40H70O4/c1-3-9-31-13-17-33(18-14-31)35-21-25-39(26-22-35,43-37-11-5-7-29-41-37)40(44-38-12-6-8-30-42-38)27-23-36(24-28-40)34-19-15-32(10-4-2)16-20-34/h31-38H,3-30H2,1-2H3. The van der Waals surface area contributed by atoms with Crippen LogP contribution < -0.4 is 0 Å². The second-order valence-electron chi connectivity index (χ2n) is 16.6. The highest BCUT2D eigenvalue weighted by atomic mass is 16.7. The normalized spacial score (nSPS) is 44.3. The van der Waals surface area contributed by atoms with Crippen LogP contribution in [0.25, 0.3) is 0 Å². The van der Waals surface area contributed by atoms with E-state index >= 15 is 0 Å². The van der Waals surface area contributed by atoms with Crippen molar-refractivity contribution in [3.63, 3.8) is 0 Å². The fraction of sp³-hybridized carbons (Fsp3) is 1.00. The molecule has 2 saturated heterocycles. The zero-order chi connectivity index (χ0) is 30.2. The van der Waals surface area contributed by atoms with Crippen molar-refractivity contribution in [1.82, 2.24) is 0 Å². The van der Waals surface area contributed by atoms with Crippen LogP contribution >= 0.6 is 0 Å². The molecule has 4 saturated carbocycles. The monoisotopic (exact) mass is 615 g/mol. The second-order valence-corrected chi connectivity index (χ2v) is 16.6. The van der Waals surface area contributed by atoms with Gasteiger partial charge in [-0.15, -0.1) is 0 Å². The predicted molar refractivity (Wildman–Crippen MR) is 179 cm³/mol. The van der Waals surface area contributed by atoms with Crippen LogP contribution in [0, 0.1) is 35.5 Å². The third-order valence-corrected chi connectivity index (χ3v) is 14.0. The van der Waals surface area contributed by atoms with E-state index in [4.69, 9.17) is 18.9 Å². The minimum atomic E-state index is -0.227. The first-order chi connectivity index (χ1) is 21.6. The van der Waals surface area contributed by atoms with Crippen molar-refractivity contribution in [1.29, 1.82) is 0 Å². The maximum Gasteiger partial charge on any atom is 0.158 e. The summed E-state index contributed by atoms with van der Waals surface area (Å²) in [4.78, 5) is 0. The van der Waals surface area contributed by atoms with Crippen molar-refractivity contribution in [2.24, 2.45) is 35.5 Å². The van der Waals surface area contributed by atoms with E-state index in [1.807, 2.05) is 0 Å². The average molecular weight is 615 g/mol. The Labute approximate surface area is 271 Å². The molecule has 2 heterocycles. The molecule has 4 heteroatoms. The Kier molecular flexibility index (Phi) is 12.5. The quantitative estimate of drug-likeness (QED) is 0.232. The SMILES string of the molecule is CCCC1CCC(C2CCC(OC3CCCCO3)(C3(OC4CCCCO4)CCC(C4CCC(CCC)CC4)CC3)CC2)CC1.